The molecular weight excluding hydrogens is 376 g/mol. The SMILES string of the molecule is CCCCOC1(c2ccc(Cl)c(S(N)(=O)=O)c2)NC(=O)c2ccccc21. The third kappa shape index (κ3) is 3.23. The van der Waals surface area contributed by atoms with Crippen molar-refractivity contribution in [3.8, 4) is 0 Å². The van der Waals surface area contributed by atoms with Gasteiger partial charge in [0.25, 0.3) is 5.91 Å². The van der Waals surface area contributed by atoms with Gasteiger partial charge in [-0.3, -0.25) is 4.79 Å². The van der Waals surface area contributed by atoms with Crippen LogP contribution >= 0.6 is 11.6 Å². The van der Waals surface area contributed by atoms with E-state index >= 15 is 0 Å². The van der Waals surface area contributed by atoms with Crippen LogP contribution in [0, 0.1) is 0 Å². The number of rotatable bonds is 6. The highest BCUT2D eigenvalue weighted by atomic mass is 35.5. The molecule has 26 heavy (non-hydrogen) atoms. The van der Waals surface area contributed by atoms with Crippen molar-refractivity contribution in [2.24, 2.45) is 5.14 Å². The van der Waals surface area contributed by atoms with Crippen LogP contribution in [0.2, 0.25) is 5.02 Å². The standard InChI is InChI=1S/C18H19ClN2O4S/c1-2-3-10-25-18(14-7-5-4-6-13(14)17(22)21-18)12-8-9-15(19)16(11-12)26(20,23)24/h4-9,11H,2-3,10H2,1H3,(H,21,22)(H2,20,23,24). The lowest BCUT2D eigenvalue weighted by molar-refractivity contribution is -0.0337. The molecule has 2 aromatic rings. The average molecular weight is 395 g/mol. The minimum Gasteiger partial charge on any atom is -0.347 e. The van der Waals surface area contributed by atoms with Crippen molar-refractivity contribution < 1.29 is 17.9 Å². The van der Waals surface area contributed by atoms with Crippen LogP contribution in [-0.4, -0.2) is 20.9 Å². The second-order valence-electron chi connectivity index (χ2n) is 6.07. The van der Waals surface area contributed by atoms with E-state index in [0.717, 1.165) is 12.8 Å². The molecule has 6 nitrogen and oxygen atoms in total. The van der Waals surface area contributed by atoms with Gasteiger partial charge in [-0.25, -0.2) is 13.6 Å². The van der Waals surface area contributed by atoms with Crippen molar-refractivity contribution in [3.05, 3.63) is 64.2 Å². The van der Waals surface area contributed by atoms with Gasteiger partial charge >= 0.3 is 0 Å². The molecule has 0 saturated heterocycles. The molecule has 2 aromatic carbocycles. The van der Waals surface area contributed by atoms with Crippen molar-refractivity contribution >= 4 is 27.5 Å². The highest BCUT2D eigenvalue weighted by Gasteiger charge is 2.45. The summed E-state index contributed by atoms with van der Waals surface area (Å²) >= 11 is 6.00. The average Bonchev–Trinajstić information content (AvgIpc) is 2.88. The van der Waals surface area contributed by atoms with Crippen LogP contribution in [0.25, 0.3) is 0 Å². The number of carbonyl (C=O) groups excluding carboxylic acids is 1. The fourth-order valence-corrected chi connectivity index (χ4v) is 4.09. The van der Waals surface area contributed by atoms with Crippen LogP contribution in [0.5, 0.6) is 0 Å². The number of nitrogens with two attached hydrogens (primary N) is 1. The highest BCUT2D eigenvalue weighted by Crippen LogP contribution is 2.40. The summed E-state index contributed by atoms with van der Waals surface area (Å²) in [6.07, 6.45) is 1.70. The van der Waals surface area contributed by atoms with E-state index in [1.165, 1.54) is 12.1 Å². The molecule has 1 aliphatic heterocycles. The first-order valence-electron chi connectivity index (χ1n) is 8.18. The van der Waals surface area contributed by atoms with Crippen molar-refractivity contribution in [1.29, 1.82) is 0 Å². The first-order valence-corrected chi connectivity index (χ1v) is 10.1. The van der Waals surface area contributed by atoms with E-state index in [1.54, 1.807) is 30.3 Å². The number of ether oxygens (including phenoxy) is 1. The Morgan fingerprint density at radius 2 is 1.96 bits per heavy atom. The molecular formula is C18H19ClN2O4S. The second-order valence-corrected chi connectivity index (χ2v) is 8.01. The van der Waals surface area contributed by atoms with Gasteiger partial charge in [0, 0.05) is 16.7 Å². The van der Waals surface area contributed by atoms with Gasteiger partial charge < -0.3 is 10.1 Å². The number of amides is 1. The molecule has 138 valence electrons. The zero-order valence-corrected chi connectivity index (χ0v) is 15.7. The van der Waals surface area contributed by atoms with Crippen LogP contribution in [0.15, 0.2) is 47.4 Å². The molecule has 0 fully saturated rings. The van der Waals surface area contributed by atoms with Gasteiger partial charge in [0.05, 0.1) is 11.6 Å². The summed E-state index contributed by atoms with van der Waals surface area (Å²) in [5.41, 5.74) is 0.271. The normalized spacial score (nSPS) is 19.3. The van der Waals surface area contributed by atoms with Crippen LogP contribution in [0.4, 0.5) is 0 Å². The van der Waals surface area contributed by atoms with E-state index in [1.807, 2.05) is 6.92 Å². The number of benzene rings is 2. The quantitative estimate of drug-likeness (QED) is 0.736. The summed E-state index contributed by atoms with van der Waals surface area (Å²) in [7, 11) is -4.03. The maximum atomic E-state index is 12.5. The maximum absolute atomic E-state index is 12.5. The Hall–Kier alpha value is -1.93. The Labute approximate surface area is 157 Å². The van der Waals surface area contributed by atoms with E-state index in [-0.39, 0.29) is 15.8 Å². The first-order chi connectivity index (χ1) is 12.3. The molecule has 1 unspecified atom stereocenters. The minimum absolute atomic E-state index is 0.0116. The summed E-state index contributed by atoms with van der Waals surface area (Å²) in [6, 6.07) is 11.5. The molecule has 0 spiro atoms. The summed E-state index contributed by atoms with van der Waals surface area (Å²) in [4.78, 5) is 12.3. The lowest BCUT2D eigenvalue weighted by Gasteiger charge is -2.31. The molecule has 0 bridgehead atoms. The van der Waals surface area contributed by atoms with E-state index in [9.17, 15) is 13.2 Å². The largest absolute Gasteiger partial charge is 0.347 e. The fraction of sp³-hybridized carbons (Fsp3) is 0.278. The van der Waals surface area contributed by atoms with Crippen LogP contribution in [0.3, 0.4) is 0 Å². The van der Waals surface area contributed by atoms with Gasteiger partial charge in [-0.05, 0) is 24.6 Å². The van der Waals surface area contributed by atoms with E-state index in [2.05, 4.69) is 5.32 Å². The molecule has 0 aliphatic carbocycles. The van der Waals surface area contributed by atoms with Crippen LogP contribution in [0.1, 0.15) is 41.3 Å². The third-order valence-electron chi connectivity index (χ3n) is 4.30. The van der Waals surface area contributed by atoms with Crippen molar-refractivity contribution in [2.75, 3.05) is 6.61 Å². The number of sulfonamides is 1. The van der Waals surface area contributed by atoms with Crippen molar-refractivity contribution in [1.82, 2.24) is 5.32 Å². The number of fused-ring (bicyclic) bond motifs is 1. The van der Waals surface area contributed by atoms with E-state index < -0.39 is 15.7 Å². The summed E-state index contributed by atoms with van der Waals surface area (Å²) in [5, 5.41) is 8.15. The highest BCUT2D eigenvalue weighted by molar-refractivity contribution is 7.89. The second kappa shape index (κ2) is 7.00. The Balaban J connectivity index is 2.20. The Morgan fingerprint density at radius 1 is 1.23 bits per heavy atom. The Bertz CT molecular complexity index is 961. The van der Waals surface area contributed by atoms with Gasteiger partial charge in [0.15, 0.2) is 5.72 Å². The van der Waals surface area contributed by atoms with Crippen LogP contribution < -0.4 is 10.5 Å². The summed E-state index contributed by atoms with van der Waals surface area (Å²) < 4.78 is 29.8. The number of unbranched alkanes of at least 4 members (excludes halogenated alkanes) is 1. The number of carbonyl (C=O) groups is 1. The van der Waals surface area contributed by atoms with Gasteiger partial charge in [0.1, 0.15) is 4.90 Å². The monoisotopic (exact) mass is 394 g/mol. The number of hydrogen-bond donors (Lipinski definition) is 2. The molecule has 3 N–H and O–H groups in total. The third-order valence-corrected chi connectivity index (χ3v) is 5.69. The molecule has 0 saturated carbocycles. The molecule has 0 radical (unpaired) electrons. The molecule has 3 rings (SSSR count). The molecule has 1 aliphatic rings. The summed E-state index contributed by atoms with van der Waals surface area (Å²) in [5.74, 6) is -0.288. The van der Waals surface area contributed by atoms with Gasteiger partial charge in [0.2, 0.25) is 10.0 Å². The first kappa shape index (κ1) is 18.8. The molecule has 1 amide bonds. The van der Waals surface area contributed by atoms with Crippen LogP contribution in [-0.2, 0) is 20.5 Å². The lowest BCUT2D eigenvalue weighted by Crippen LogP contribution is -2.43. The smallest absolute Gasteiger partial charge is 0.254 e. The van der Waals surface area contributed by atoms with Gasteiger partial charge in [-0.1, -0.05) is 49.2 Å². The number of primary sulfonamides is 1. The number of nitrogens with one attached hydrogen (secondary N) is 1. The summed E-state index contributed by atoms with van der Waals surface area (Å²) in [6.45, 7) is 2.41. The van der Waals surface area contributed by atoms with Gasteiger partial charge in [-0.15, -0.1) is 0 Å². The number of hydrogen-bond acceptors (Lipinski definition) is 4. The van der Waals surface area contributed by atoms with Crippen molar-refractivity contribution in [3.63, 3.8) is 0 Å². The minimum atomic E-state index is -4.03. The molecule has 0 aromatic heterocycles. The molecule has 1 heterocycles. The van der Waals surface area contributed by atoms with E-state index in [0.29, 0.717) is 23.3 Å². The predicted molar refractivity (Wildman–Crippen MR) is 98.4 cm³/mol. The molecule has 1 atom stereocenters. The zero-order chi connectivity index (χ0) is 18.9. The predicted octanol–water partition coefficient (Wildman–Crippen LogP) is 2.75. The number of halogens is 1. The Morgan fingerprint density at radius 3 is 2.65 bits per heavy atom. The molecule has 8 heteroatoms. The topological polar surface area (TPSA) is 98.5 Å². The van der Waals surface area contributed by atoms with Gasteiger partial charge in [-0.2, -0.15) is 0 Å². The fourth-order valence-electron chi connectivity index (χ4n) is 3.02. The maximum Gasteiger partial charge on any atom is 0.254 e. The van der Waals surface area contributed by atoms with E-state index in [4.69, 9.17) is 21.5 Å². The Kier molecular flexibility index (Phi) is 5.07. The van der Waals surface area contributed by atoms with Crippen molar-refractivity contribution in [2.45, 2.75) is 30.4 Å². The zero-order valence-electron chi connectivity index (χ0n) is 14.2. The lowest BCUT2D eigenvalue weighted by atomic mass is 9.94.